The third-order valence-electron chi connectivity index (χ3n) is 8.70. The first-order valence-corrected chi connectivity index (χ1v) is 17.5. The molecule has 8 amide bonds. The monoisotopic (exact) mass is 695 g/mol. The zero-order chi connectivity index (χ0) is 36.3. The topological polar surface area (TPSA) is 227 Å². The quantitative estimate of drug-likeness (QED) is 0.0658. The first-order valence-electron chi connectivity index (χ1n) is 17.5. The maximum Gasteiger partial charge on any atom is 0.312 e. The summed E-state index contributed by atoms with van der Waals surface area (Å²) in [6.07, 6.45) is 4.56. The summed E-state index contributed by atoms with van der Waals surface area (Å²) in [4.78, 5) is 87.1. The van der Waals surface area contributed by atoms with Crippen LogP contribution in [-0.4, -0.2) is 111 Å². The van der Waals surface area contributed by atoms with E-state index in [1.54, 1.807) is 27.7 Å². The molecule has 1 heterocycles. The number of primary amides is 1. The minimum absolute atomic E-state index is 0.0102. The van der Waals surface area contributed by atoms with Crippen LogP contribution in [0.4, 0.5) is 4.79 Å². The second-order valence-corrected chi connectivity index (χ2v) is 13.2. The summed E-state index contributed by atoms with van der Waals surface area (Å²) in [6, 6.07) is -2.41. The van der Waals surface area contributed by atoms with Crippen molar-refractivity contribution in [2.24, 2.45) is 29.4 Å². The molecule has 16 heteroatoms. The predicted molar refractivity (Wildman–Crippen MR) is 179 cm³/mol. The van der Waals surface area contributed by atoms with E-state index in [1.165, 1.54) is 4.90 Å². The van der Waals surface area contributed by atoms with Crippen molar-refractivity contribution in [1.29, 1.82) is 0 Å². The number of hydrogen-bond acceptors (Lipinski definition) is 9. The van der Waals surface area contributed by atoms with Crippen LogP contribution in [-0.2, 0) is 38.2 Å². The Kier molecular flexibility index (Phi) is 18.6. The molecule has 7 N–H and O–H groups in total. The Morgan fingerprint density at radius 1 is 0.878 bits per heavy atom. The summed E-state index contributed by atoms with van der Waals surface area (Å²) < 4.78 is 11.0. The number of rotatable bonds is 22. The van der Waals surface area contributed by atoms with Crippen LogP contribution in [0, 0.1) is 23.7 Å². The van der Waals surface area contributed by atoms with Gasteiger partial charge in [0.15, 0.2) is 0 Å². The number of amides is 8. The van der Waals surface area contributed by atoms with Crippen molar-refractivity contribution < 1.29 is 43.0 Å². The standard InChI is InChI=1S/C33H57N7O9/c1-5-35-30(44)25(8-6-13-37-33(34)47)38-31(45)28(21(2)3)39-26(41)20-49-16-7-15-48-17-14-36-29(43)24-11-9-23(10-12-24)19-40-27(42)18-22(4)32(40)46/h21-25,28H,5-20H2,1-4H3,(H,35,44)(H,36,43)(H,38,45)(H,39,41)(H3,34,37,47)/t22?,23-,24-,25-,28-/m0/s1. The normalized spacial score (nSPS) is 20.4. The molecular weight excluding hydrogens is 638 g/mol. The molecule has 3 atom stereocenters. The average Bonchev–Trinajstić information content (AvgIpc) is 3.29. The summed E-state index contributed by atoms with van der Waals surface area (Å²) in [5, 5.41) is 13.4. The van der Waals surface area contributed by atoms with Gasteiger partial charge in [0.1, 0.15) is 18.7 Å². The van der Waals surface area contributed by atoms with Gasteiger partial charge in [-0.1, -0.05) is 20.8 Å². The van der Waals surface area contributed by atoms with Crippen molar-refractivity contribution in [3.8, 4) is 0 Å². The van der Waals surface area contributed by atoms with Gasteiger partial charge in [0, 0.05) is 57.6 Å². The minimum Gasteiger partial charge on any atom is -0.380 e. The van der Waals surface area contributed by atoms with Crippen LogP contribution in [0.1, 0.15) is 79.1 Å². The molecular formula is C33H57N7O9. The fraction of sp³-hybridized carbons (Fsp3) is 0.788. The van der Waals surface area contributed by atoms with Gasteiger partial charge in [-0.2, -0.15) is 0 Å². The molecule has 0 bridgehead atoms. The van der Waals surface area contributed by atoms with Crippen molar-refractivity contribution >= 4 is 41.5 Å². The Labute approximate surface area is 289 Å². The molecule has 2 aliphatic rings. The summed E-state index contributed by atoms with van der Waals surface area (Å²) in [7, 11) is 0. The van der Waals surface area contributed by atoms with E-state index >= 15 is 0 Å². The molecule has 2 fully saturated rings. The molecule has 49 heavy (non-hydrogen) atoms. The van der Waals surface area contributed by atoms with Gasteiger partial charge in [0.25, 0.3) is 0 Å². The lowest BCUT2D eigenvalue weighted by Crippen LogP contribution is -2.55. The van der Waals surface area contributed by atoms with Gasteiger partial charge in [-0.15, -0.1) is 0 Å². The van der Waals surface area contributed by atoms with E-state index in [9.17, 15) is 33.6 Å². The fourth-order valence-electron chi connectivity index (χ4n) is 5.92. The van der Waals surface area contributed by atoms with E-state index in [4.69, 9.17) is 15.2 Å². The Morgan fingerprint density at radius 3 is 2.18 bits per heavy atom. The molecule has 0 aromatic heterocycles. The third-order valence-corrected chi connectivity index (χ3v) is 8.70. The molecule has 0 spiro atoms. The Bertz CT molecular complexity index is 1130. The zero-order valence-electron chi connectivity index (χ0n) is 29.5. The number of nitrogens with one attached hydrogen (secondary N) is 5. The number of ether oxygens (including phenoxy) is 2. The maximum absolute atomic E-state index is 13.0. The van der Waals surface area contributed by atoms with E-state index in [0.29, 0.717) is 45.7 Å². The first-order chi connectivity index (χ1) is 23.3. The second-order valence-electron chi connectivity index (χ2n) is 13.2. The molecule has 278 valence electrons. The molecule has 0 radical (unpaired) electrons. The van der Waals surface area contributed by atoms with E-state index in [-0.39, 0.29) is 79.9 Å². The summed E-state index contributed by atoms with van der Waals surface area (Å²) in [6.45, 7) is 9.28. The van der Waals surface area contributed by atoms with Gasteiger partial charge in [-0.3, -0.25) is 33.7 Å². The Balaban J connectivity index is 1.58. The first kappa shape index (κ1) is 41.4. The van der Waals surface area contributed by atoms with Crippen molar-refractivity contribution in [3.05, 3.63) is 0 Å². The molecule has 2 rings (SSSR count). The lowest BCUT2D eigenvalue weighted by Gasteiger charge is -2.30. The molecule has 0 aromatic carbocycles. The van der Waals surface area contributed by atoms with E-state index < -0.39 is 29.9 Å². The number of nitrogens with zero attached hydrogens (tertiary/aromatic N) is 1. The SMILES string of the molecule is CCNC(=O)[C@H](CCCNC(N)=O)NC(=O)[C@@H](NC(=O)COCCCOCCNC(=O)[C@H]1CC[C@H](CN2C(=O)CC(C)C2=O)CC1)C(C)C. The van der Waals surface area contributed by atoms with Gasteiger partial charge >= 0.3 is 6.03 Å². The lowest BCUT2D eigenvalue weighted by atomic mass is 9.81. The molecule has 1 aliphatic heterocycles. The van der Waals surface area contributed by atoms with Crippen molar-refractivity contribution in [2.75, 3.05) is 52.6 Å². The van der Waals surface area contributed by atoms with Gasteiger partial charge in [-0.05, 0) is 63.7 Å². The number of carbonyl (C=O) groups excluding carboxylic acids is 7. The third kappa shape index (κ3) is 15.1. The number of hydrogen-bond donors (Lipinski definition) is 6. The second kappa shape index (κ2) is 22.0. The van der Waals surface area contributed by atoms with Crippen LogP contribution in [0.2, 0.25) is 0 Å². The summed E-state index contributed by atoms with van der Waals surface area (Å²) in [5.41, 5.74) is 5.07. The molecule has 1 saturated carbocycles. The van der Waals surface area contributed by atoms with Crippen LogP contribution in [0.3, 0.4) is 0 Å². The Hall–Kier alpha value is -3.79. The molecule has 0 aromatic rings. The minimum atomic E-state index is -0.888. The van der Waals surface area contributed by atoms with Crippen molar-refractivity contribution in [2.45, 2.75) is 91.1 Å². The average molecular weight is 696 g/mol. The highest BCUT2D eigenvalue weighted by Gasteiger charge is 2.38. The van der Waals surface area contributed by atoms with Crippen molar-refractivity contribution in [1.82, 2.24) is 31.5 Å². The zero-order valence-corrected chi connectivity index (χ0v) is 29.5. The lowest BCUT2D eigenvalue weighted by molar-refractivity contribution is -0.140. The van der Waals surface area contributed by atoms with Gasteiger partial charge in [0.2, 0.25) is 35.4 Å². The maximum atomic E-state index is 13.0. The van der Waals surface area contributed by atoms with E-state index in [1.807, 2.05) is 0 Å². The molecule has 1 aliphatic carbocycles. The van der Waals surface area contributed by atoms with Crippen LogP contribution in [0.25, 0.3) is 0 Å². The van der Waals surface area contributed by atoms with Crippen molar-refractivity contribution in [3.63, 3.8) is 0 Å². The van der Waals surface area contributed by atoms with Crippen LogP contribution in [0.5, 0.6) is 0 Å². The van der Waals surface area contributed by atoms with Gasteiger partial charge in [0.05, 0.1) is 6.61 Å². The predicted octanol–water partition coefficient (Wildman–Crippen LogP) is -0.0625. The number of carbonyl (C=O) groups is 7. The fourth-order valence-corrected chi connectivity index (χ4v) is 5.92. The number of nitrogens with two attached hydrogens (primary N) is 1. The molecule has 1 unspecified atom stereocenters. The highest BCUT2D eigenvalue weighted by Crippen LogP contribution is 2.31. The molecule has 16 nitrogen and oxygen atoms in total. The smallest absolute Gasteiger partial charge is 0.312 e. The number of likely N-dealkylation sites (N-methyl/N-ethyl adjacent to an activating group) is 1. The van der Waals surface area contributed by atoms with E-state index in [0.717, 1.165) is 25.7 Å². The summed E-state index contributed by atoms with van der Waals surface area (Å²) >= 11 is 0. The number of likely N-dealkylation sites (tertiary alicyclic amines) is 1. The van der Waals surface area contributed by atoms with E-state index in [2.05, 4.69) is 26.6 Å². The van der Waals surface area contributed by atoms with Gasteiger partial charge in [-0.25, -0.2) is 4.79 Å². The van der Waals surface area contributed by atoms with Gasteiger partial charge < -0.3 is 41.8 Å². The highest BCUT2D eigenvalue weighted by molar-refractivity contribution is 6.03. The number of urea groups is 1. The van der Waals surface area contributed by atoms with Crippen LogP contribution in [0.15, 0.2) is 0 Å². The van der Waals surface area contributed by atoms with Crippen LogP contribution < -0.4 is 32.3 Å². The largest absolute Gasteiger partial charge is 0.380 e. The Morgan fingerprint density at radius 2 is 1.57 bits per heavy atom. The highest BCUT2D eigenvalue weighted by atomic mass is 16.5. The number of imide groups is 1. The van der Waals surface area contributed by atoms with Crippen LogP contribution >= 0.6 is 0 Å². The summed E-state index contributed by atoms with van der Waals surface area (Å²) in [5.74, 6) is -1.87. The molecule has 1 saturated heterocycles.